The third kappa shape index (κ3) is 5.13. The van der Waals surface area contributed by atoms with Gasteiger partial charge in [-0.05, 0) is 18.2 Å². The topological polar surface area (TPSA) is 78.9 Å². The molecule has 2 aromatic rings. The first-order valence-electron chi connectivity index (χ1n) is 6.58. The Bertz CT molecular complexity index is 795. The van der Waals surface area contributed by atoms with Crippen LogP contribution in [0.1, 0.15) is 0 Å². The quantitative estimate of drug-likeness (QED) is 0.489. The second-order valence-electron chi connectivity index (χ2n) is 4.35. The highest BCUT2D eigenvalue weighted by Crippen LogP contribution is 2.32. The minimum atomic E-state index is -0.540. The van der Waals surface area contributed by atoms with Crippen molar-refractivity contribution in [1.29, 1.82) is 0 Å². The first-order chi connectivity index (χ1) is 11.5. The summed E-state index contributed by atoms with van der Waals surface area (Å²) in [6.45, 7) is 3.55. The first kappa shape index (κ1) is 18.1. The number of carbonyl (C=O) groups is 1. The van der Waals surface area contributed by atoms with Crippen molar-refractivity contribution < 1.29 is 4.79 Å². The van der Waals surface area contributed by atoms with Gasteiger partial charge in [0.1, 0.15) is 18.0 Å². The summed E-state index contributed by atoms with van der Waals surface area (Å²) >= 11 is 17.8. The fourth-order valence-corrected chi connectivity index (χ4v) is 2.19. The van der Waals surface area contributed by atoms with Crippen molar-refractivity contribution in [2.24, 2.45) is 0 Å². The number of amides is 2. The fourth-order valence-electron chi connectivity index (χ4n) is 1.59. The van der Waals surface area contributed by atoms with Crippen LogP contribution in [-0.4, -0.2) is 16.0 Å². The highest BCUT2D eigenvalue weighted by Gasteiger charge is 2.10. The molecular formula is C15H12Cl3N5O. The molecule has 2 amide bonds. The largest absolute Gasteiger partial charge is 0.347 e. The van der Waals surface area contributed by atoms with E-state index in [9.17, 15) is 4.79 Å². The van der Waals surface area contributed by atoms with Crippen LogP contribution in [-0.2, 0) is 0 Å². The molecule has 2 rings (SSSR count). The fraction of sp³-hybridized carbons (Fsp3) is 0. The average Bonchev–Trinajstić information content (AvgIpc) is 2.53. The summed E-state index contributed by atoms with van der Waals surface area (Å²) in [7, 11) is 0. The summed E-state index contributed by atoms with van der Waals surface area (Å²) in [5, 5.41) is 8.87. The Morgan fingerprint density at radius 3 is 2.46 bits per heavy atom. The number of anilines is 3. The van der Waals surface area contributed by atoms with E-state index in [2.05, 4.69) is 32.5 Å². The van der Waals surface area contributed by atoms with Crippen molar-refractivity contribution in [2.75, 3.05) is 16.0 Å². The van der Waals surface area contributed by atoms with E-state index in [-0.39, 0.29) is 10.0 Å². The lowest BCUT2D eigenvalue weighted by atomic mass is 10.3. The van der Waals surface area contributed by atoms with E-state index in [1.54, 1.807) is 24.4 Å². The molecule has 0 bridgehead atoms. The lowest BCUT2D eigenvalue weighted by Gasteiger charge is -2.10. The van der Waals surface area contributed by atoms with E-state index in [4.69, 9.17) is 34.8 Å². The lowest BCUT2D eigenvalue weighted by molar-refractivity contribution is 0.262. The molecule has 24 heavy (non-hydrogen) atoms. The maximum absolute atomic E-state index is 12.0. The molecule has 0 radical (unpaired) electrons. The molecule has 0 aliphatic carbocycles. The van der Waals surface area contributed by atoms with Crippen LogP contribution in [0.3, 0.4) is 0 Å². The Labute approximate surface area is 153 Å². The molecule has 0 spiro atoms. The smallest absolute Gasteiger partial charge is 0.324 e. The molecule has 1 heterocycles. The molecule has 0 saturated heterocycles. The van der Waals surface area contributed by atoms with Crippen LogP contribution in [0, 0.1) is 0 Å². The zero-order chi connectivity index (χ0) is 17.5. The predicted octanol–water partition coefficient (Wildman–Crippen LogP) is 5.19. The molecule has 6 nitrogen and oxygen atoms in total. The number of rotatable bonds is 5. The predicted molar refractivity (Wildman–Crippen MR) is 99.1 cm³/mol. The van der Waals surface area contributed by atoms with Crippen molar-refractivity contribution in [2.45, 2.75) is 0 Å². The van der Waals surface area contributed by atoms with Crippen LogP contribution in [0.25, 0.3) is 0 Å². The summed E-state index contributed by atoms with van der Waals surface area (Å²) < 4.78 is 0. The van der Waals surface area contributed by atoms with Gasteiger partial charge in [0, 0.05) is 12.3 Å². The average molecular weight is 385 g/mol. The number of carbonyl (C=O) groups excluding carboxylic acids is 1. The van der Waals surface area contributed by atoms with Gasteiger partial charge >= 0.3 is 6.03 Å². The second-order valence-corrected chi connectivity index (χ2v) is 5.57. The van der Waals surface area contributed by atoms with Crippen LogP contribution >= 0.6 is 34.8 Å². The van der Waals surface area contributed by atoms with Crippen molar-refractivity contribution >= 4 is 58.2 Å². The summed E-state index contributed by atoms with van der Waals surface area (Å²) in [5.41, 5.74) is 0.324. The standard InChI is InChI=1S/C15H12Cl3N5O/c1-2-3-4-19-13-7-14(21-8-20-13)23-15(24)22-12-6-10(17)9(16)5-11(12)18/h2-8H,1H2,(H3,19,20,21,22,23,24)/b4-3+. The third-order valence-corrected chi connectivity index (χ3v) is 3.67. The summed E-state index contributed by atoms with van der Waals surface area (Å²) in [6, 6.07) is 3.92. The molecule has 1 aromatic carbocycles. The van der Waals surface area contributed by atoms with Gasteiger partial charge in [-0.25, -0.2) is 14.8 Å². The SMILES string of the molecule is C=C/C=C/Nc1cc(NC(=O)Nc2cc(Cl)c(Cl)cc2Cl)ncn1. The van der Waals surface area contributed by atoms with Gasteiger partial charge in [-0.15, -0.1) is 0 Å². The van der Waals surface area contributed by atoms with E-state index in [1.165, 1.54) is 18.5 Å². The van der Waals surface area contributed by atoms with Gasteiger partial charge in [0.25, 0.3) is 0 Å². The van der Waals surface area contributed by atoms with Crippen LogP contribution in [0.15, 0.2) is 49.5 Å². The number of nitrogens with one attached hydrogen (secondary N) is 3. The van der Waals surface area contributed by atoms with Gasteiger partial charge in [-0.1, -0.05) is 47.5 Å². The van der Waals surface area contributed by atoms with Crippen LogP contribution in [0.4, 0.5) is 22.1 Å². The molecule has 0 aliphatic rings. The zero-order valence-electron chi connectivity index (χ0n) is 12.2. The van der Waals surface area contributed by atoms with Gasteiger partial charge in [0.05, 0.1) is 20.8 Å². The van der Waals surface area contributed by atoms with E-state index >= 15 is 0 Å². The lowest BCUT2D eigenvalue weighted by Crippen LogP contribution is -2.20. The Hall–Kier alpha value is -2.28. The number of allylic oxidation sites excluding steroid dienone is 2. The number of benzene rings is 1. The number of hydrogen-bond acceptors (Lipinski definition) is 4. The number of halogens is 3. The molecule has 0 saturated carbocycles. The number of aromatic nitrogens is 2. The molecule has 0 atom stereocenters. The monoisotopic (exact) mass is 383 g/mol. The second kappa shape index (κ2) is 8.54. The molecule has 3 N–H and O–H groups in total. The van der Waals surface area contributed by atoms with E-state index in [0.29, 0.717) is 22.3 Å². The Morgan fingerprint density at radius 1 is 1.00 bits per heavy atom. The number of hydrogen-bond donors (Lipinski definition) is 3. The normalized spacial score (nSPS) is 10.5. The summed E-state index contributed by atoms with van der Waals surface area (Å²) in [4.78, 5) is 20.0. The Balaban J connectivity index is 2.05. The molecule has 0 aliphatic heterocycles. The number of urea groups is 1. The van der Waals surface area contributed by atoms with Crippen molar-refractivity contribution in [1.82, 2.24) is 9.97 Å². The first-order valence-corrected chi connectivity index (χ1v) is 7.71. The van der Waals surface area contributed by atoms with Gasteiger partial charge in [-0.2, -0.15) is 0 Å². The van der Waals surface area contributed by atoms with Crippen molar-refractivity contribution in [3.05, 3.63) is 64.5 Å². The highest BCUT2D eigenvalue weighted by molar-refractivity contribution is 6.44. The minimum absolute atomic E-state index is 0.263. The molecule has 124 valence electrons. The van der Waals surface area contributed by atoms with E-state index < -0.39 is 6.03 Å². The molecule has 0 unspecified atom stereocenters. The van der Waals surface area contributed by atoms with Crippen LogP contribution < -0.4 is 16.0 Å². The molecule has 1 aromatic heterocycles. The van der Waals surface area contributed by atoms with Gasteiger partial charge in [0.15, 0.2) is 0 Å². The minimum Gasteiger partial charge on any atom is -0.347 e. The van der Waals surface area contributed by atoms with Gasteiger partial charge < -0.3 is 10.6 Å². The Kier molecular flexibility index (Phi) is 6.43. The highest BCUT2D eigenvalue weighted by atomic mass is 35.5. The summed E-state index contributed by atoms with van der Waals surface area (Å²) in [5.74, 6) is 0.805. The van der Waals surface area contributed by atoms with Gasteiger partial charge in [-0.3, -0.25) is 5.32 Å². The van der Waals surface area contributed by atoms with Crippen molar-refractivity contribution in [3.63, 3.8) is 0 Å². The third-order valence-electron chi connectivity index (χ3n) is 2.63. The zero-order valence-corrected chi connectivity index (χ0v) is 14.5. The number of nitrogens with zero attached hydrogens (tertiary/aromatic N) is 2. The maximum Gasteiger partial charge on any atom is 0.324 e. The Morgan fingerprint density at radius 2 is 1.71 bits per heavy atom. The summed E-state index contributed by atoms with van der Waals surface area (Å²) in [6.07, 6.45) is 6.27. The molecule has 0 fully saturated rings. The van der Waals surface area contributed by atoms with Crippen LogP contribution in [0.5, 0.6) is 0 Å². The maximum atomic E-state index is 12.0. The van der Waals surface area contributed by atoms with Crippen molar-refractivity contribution in [3.8, 4) is 0 Å². The van der Waals surface area contributed by atoms with E-state index in [0.717, 1.165) is 0 Å². The van der Waals surface area contributed by atoms with Gasteiger partial charge in [0.2, 0.25) is 0 Å². The molecule has 9 heteroatoms. The molecular weight excluding hydrogens is 373 g/mol. The van der Waals surface area contributed by atoms with E-state index in [1.807, 2.05) is 0 Å². The van der Waals surface area contributed by atoms with Crippen LogP contribution in [0.2, 0.25) is 15.1 Å².